The Bertz CT molecular complexity index is 292. The number of hydrogen-bond acceptors (Lipinski definition) is 1. The van der Waals surface area contributed by atoms with Gasteiger partial charge in [0.05, 0.1) is 20.1 Å². The Labute approximate surface area is 128 Å². The monoisotopic (exact) mass is 366 g/mol. The van der Waals surface area contributed by atoms with Gasteiger partial charge in [0.15, 0.2) is 6.54 Å². The molecule has 2 aliphatic rings. The van der Waals surface area contributed by atoms with E-state index in [4.69, 9.17) is 0 Å². The van der Waals surface area contributed by atoms with Crippen LogP contribution in [0, 0.1) is 11.8 Å². The molecule has 0 unspecified atom stereocenters. The maximum atomic E-state index is 12.1. The van der Waals surface area contributed by atoms with Crippen LogP contribution in [0.3, 0.4) is 0 Å². The highest BCUT2D eigenvalue weighted by Gasteiger charge is 2.40. The summed E-state index contributed by atoms with van der Waals surface area (Å²) in [5.41, 5.74) is 0. The van der Waals surface area contributed by atoms with Gasteiger partial charge in [-0.25, -0.2) is 0 Å². The highest BCUT2D eigenvalue weighted by molar-refractivity contribution is 5.77. The minimum Gasteiger partial charge on any atom is -1.00 e. The van der Waals surface area contributed by atoms with Crippen molar-refractivity contribution in [2.75, 3.05) is 26.7 Å². The van der Waals surface area contributed by atoms with Crippen LogP contribution in [0.4, 0.5) is 0 Å². The van der Waals surface area contributed by atoms with Gasteiger partial charge in [-0.1, -0.05) is 6.42 Å². The predicted molar refractivity (Wildman–Crippen MR) is 69.5 cm³/mol. The molecule has 0 aliphatic heterocycles. The zero-order valence-corrected chi connectivity index (χ0v) is 14.1. The smallest absolute Gasteiger partial charge is 0.275 e. The molecule has 0 aromatic heterocycles. The van der Waals surface area contributed by atoms with Crippen molar-refractivity contribution >= 4 is 5.91 Å². The Balaban J connectivity index is 0.00000162. The molecule has 0 saturated heterocycles. The lowest BCUT2D eigenvalue weighted by molar-refractivity contribution is -0.898. The van der Waals surface area contributed by atoms with E-state index in [1.165, 1.54) is 25.7 Å². The normalized spacial score (nSPS) is 30.1. The molecule has 3 nitrogen and oxygen atoms in total. The highest BCUT2D eigenvalue weighted by atomic mass is 127. The molecule has 3 atom stereocenters. The van der Waals surface area contributed by atoms with Crippen LogP contribution < -0.4 is 29.3 Å². The average molecular weight is 366 g/mol. The van der Waals surface area contributed by atoms with Crippen LogP contribution in [-0.2, 0) is 4.79 Å². The van der Waals surface area contributed by atoms with E-state index in [1.807, 2.05) is 0 Å². The zero-order valence-electron chi connectivity index (χ0n) is 11.9. The van der Waals surface area contributed by atoms with Gasteiger partial charge in [0.1, 0.15) is 0 Å². The van der Waals surface area contributed by atoms with Crippen molar-refractivity contribution in [3.63, 3.8) is 0 Å². The van der Waals surface area contributed by atoms with Crippen LogP contribution in [0.5, 0.6) is 0 Å². The van der Waals surface area contributed by atoms with Gasteiger partial charge in [0.2, 0.25) is 0 Å². The SMILES string of the molecule is CC[N+](C)(CC)CC(=O)N[C@H]1C[C@H]2CC[C@@H]1C2.[I-]. The summed E-state index contributed by atoms with van der Waals surface area (Å²) < 4.78 is 0.854. The first-order valence-corrected chi connectivity index (χ1v) is 7.19. The standard InChI is InChI=1S/C14H26N2O.HI/c1-4-16(3,5-2)10-14(17)15-13-9-11-6-7-12(13)8-11;/h11-13H,4-10H2,1-3H3;1H/t11-,12+,13-;/m0./s1. The number of likely N-dealkylation sites (N-methyl/N-ethyl adjacent to an activating group) is 1. The fraction of sp³-hybridized carbons (Fsp3) is 0.929. The first-order chi connectivity index (χ1) is 8.06. The van der Waals surface area contributed by atoms with Crippen LogP contribution in [0.2, 0.25) is 0 Å². The second kappa shape index (κ2) is 6.55. The van der Waals surface area contributed by atoms with E-state index in [-0.39, 0.29) is 29.9 Å². The third-order valence-electron chi connectivity index (χ3n) is 5.14. The number of quaternary nitrogens is 1. The van der Waals surface area contributed by atoms with Crippen LogP contribution in [0.25, 0.3) is 0 Å². The summed E-state index contributed by atoms with van der Waals surface area (Å²) in [7, 11) is 2.17. The van der Waals surface area contributed by atoms with Crippen LogP contribution in [-0.4, -0.2) is 43.1 Å². The Hall–Kier alpha value is 0.160. The lowest BCUT2D eigenvalue weighted by Gasteiger charge is -2.32. The topological polar surface area (TPSA) is 29.1 Å². The number of carbonyl (C=O) groups excluding carboxylic acids is 1. The molecule has 2 saturated carbocycles. The van der Waals surface area contributed by atoms with Gasteiger partial charge in [0, 0.05) is 6.04 Å². The predicted octanol–water partition coefficient (Wildman–Crippen LogP) is -1.22. The highest BCUT2D eigenvalue weighted by Crippen LogP contribution is 2.44. The number of fused-ring (bicyclic) bond motifs is 2. The third-order valence-corrected chi connectivity index (χ3v) is 5.14. The Morgan fingerprint density at radius 3 is 2.33 bits per heavy atom. The molecule has 0 aromatic carbocycles. The summed E-state index contributed by atoms with van der Waals surface area (Å²) in [5.74, 6) is 1.95. The molecule has 4 heteroatoms. The molecule has 0 heterocycles. The van der Waals surface area contributed by atoms with Crippen molar-refractivity contribution in [3.8, 4) is 0 Å². The van der Waals surface area contributed by atoms with Gasteiger partial charge in [0.25, 0.3) is 5.91 Å². The molecule has 1 N–H and O–H groups in total. The van der Waals surface area contributed by atoms with Gasteiger partial charge >= 0.3 is 0 Å². The first-order valence-electron chi connectivity index (χ1n) is 7.19. The van der Waals surface area contributed by atoms with Gasteiger partial charge in [-0.2, -0.15) is 0 Å². The zero-order chi connectivity index (χ0) is 12.5. The van der Waals surface area contributed by atoms with Crippen LogP contribution in [0.1, 0.15) is 39.5 Å². The van der Waals surface area contributed by atoms with Crippen molar-refractivity contribution in [3.05, 3.63) is 0 Å². The van der Waals surface area contributed by atoms with Crippen LogP contribution >= 0.6 is 0 Å². The van der Waals surface area contributed by atoms with E-state index < -0.39 is 0 Å². The summed E-state index contributed by atoms with van der Waals surface area (Å²) in [4.78, 5) is 12.1. The number of rotatable bonds is 5. The van der Waals surface area contributed by atoms with Crippen molar-refractivity contribution < 1.29 is 33.3 Å². The summed E-state index contributed by atoms with van der Waals surface area (Å²) in [6.07, 6.45) is 5.33. The molecule has 0 radical (unpaired) electrons. The maximum absolute atomic E-state index is 12.1. The maximum Gasteiger partial charge on any atom is 0.275 e. The molecule has 18 heavy (non-hydrogen) atoms. The quantitative estimate of drug-likeness (QED) is 0.480. The molecular weight excluding hydrogens is 339 g/mol. The number of hydrogen-bond donors (Lipinski definition) is 1. The Kier molecular flexibility index (Phi) is 5.90. The second-order valence-corrected chi connectivity index (χ2v) is 6.26. The van der Waals surface area contributed by atoms with Crippen molar-refractivity contribution in [2.24, 2.45) is 11.8 Å². The fourth-order valence-corrected chi connectivity index (χ4v) is 3.47. The molecular formula is C14H27IN2O. The van der Waals surface area contributed by atoms with E-state index in [2.05, 4.69) is 26.2 Å². The third kappa shape index (κ3) is 3.59. The molecule has 0 aromatic rings. The number of carbonyl (C=O) groups is 1. The van der Waals surface area contributed by atoms with E-state index in [0.29, 0.717) is 12.6 Å². The molecule has 1 amide bonds. The lowest BCUT2D eigenvalue weighted by atomic mass is 9.95. The summed E-state index contributed by atoms with van der Waals surface area (Å²) in [5, 5.41) is 3.28. The van der Waals surface area contributed by atoms with Gasteiger partial charge in [-0.3, -0.25) is 4.79 Å². The molecule has 2 rings (SSSR count). The summed E-state index contributed by atoms with van der Waals surface area (Å²) >= 11 is 0. The van der Waals surface area contributed by atoms with Crippen LogP contribution in [0.15, 0.2) is 0 Å². The van der Waals surface area contributed by atoms with Gasteiger partial charge < -0.3 is 33.8 Å². The van der Waals surface area contributed by atoms with Crippen molar-refractivity contribution in [1.82, 2.24) is 5.32 Å². The largest absolute Gasteiger partial charge is 1.00 e. The van der Waals surface area contributed by atoms with Gasteiger partial charge in [-0.15, -0.1) is 0 Å². The average Bonchev–Trinajstić information content (AvgIpc) is 2.90. The molecule has 2 fully saturated rings. The van der Waals surface area contributed by atoms with E-state index in [0.717, 1.165) is 29.4 Å². The molecule has 2 aliphatic carbocycles. The van der Waals surface area contributed by atoms with Crippen molar-refractivity contribution in [2.45, 2.75) is 45.6 Å². The molecule has 0 spiro atoms. The van der Waals surface area contributed by atoms with E-state index in [1.54, 1.807) is 0 Å². The minimum absolute atomic E-state index is 0. The molecule has 106 valence electrons. The fourth-order valence-electron chi connectivity index (χ4n) is 3.47. The van der Waals surface area contributed by atoms with E-state index in [9.17, 15) is 4.79 Å². The van der Waals surface area contributed by atoms with Crippen molar-refractivity contribution in [1.29, 1.82) is 0 Å². The first kappa shape index (κ1) is 16.2. The lowest BCUT2D eigenvalue weighted by Crippen LogP contribution is -3.00. The van der Waals surface area contributed by atoms with E-state index >= 15 is 0 Å². The summed E-state index contributed by atoms with van der Waals surface area (Å²) in [6, 6.07) is 0.489. The number of nitrogens with one attached hydrogen (secondary N) is 1. The molecule has 2 bridgehead atoms. The Morgan fingerprint density at radius 2 is 1.89 bits per heavy atom. The number of amides is 1. The number of halogens is 1. The Morgan fingerprint density at radius 1 is 1.22 bits per heavy atom. The summed E-state index contributed by atoms with van der Waals surface area (Å²) in [6.45, 7) is 7.02. The minimum atomic E-state index is 0. The van der Waals surface area contributed by atoms with Gasteiger partial charge in [-0.05, 0) is 44.9 Å². The number of nitrogens with zero attached hydrogens (tertiary/aromatic N) is 1. The second-order valence-electron chi connectivity index (χ2n) is 6.26.